The Hall–Kier alpha value is -2.15. The van der Waals surface area contributed by atoms with Crippen molar-refractivity contribution in [3.63, 3.8) is 0 Å². The van der Waals surface area contributed by atoms with Gasteiger partial charge < -0.3 is 4.74 Å². The van der Waals surface area contributed by atoms with Crippen molar-refractivity contribution in [3.8, 4) is 5.75 Å². The van der Waals surface area contributed by atoms with Crippen molar-refractivity contribution in [2.75, 3.05) is 12.0 Å². The smallest absolute Gasteiger partial charge is 0.267 e. The number of β-lactam (4-membered cyclic amide) rings is 1. The summed E-state index contributed by atoms with van der Waals surface area (Å²) < 4.78 is 3.65. The van der Waals surface area contributed by atoms with Gasteiger partial charge in [-0.2, -0.15) is 0 Å². The third-order valence-electron chi connectivity index (χ3n) is 5.65. The molecule has 0 bridgehead atoms. The van der Waals surface area contributed by atoms with Gasteiger partial charge in [-0.15, -0.1) is 0 Å². The Labute approximate surface area is 227 Å². The predicted molar refractivity (Wildman–Crippen MR) is 145 cm³/mol. The molecule has 0 N–H and O–H groups in total. The molecule has 0 aromatic heterocycles. The molecule has 0 spiro atoms. The van der Waals surface area contributed by atoms with Crippen molar-refractivity contribution in [1.82, 2.24) is 0 Å². The highest BCUT2D eigenvalue weighted by molar-refractivity contribution is 8.14. The van der Waals surface area contributed by atoms with Gasteiger partial charge in [-0.3, -0.25) is 14.5 Å². The summed E-state index contributed by atoms with van der Waals surface area (Å²) in [6.45, 7) is 0. The first-order valence-corrected chi connectivity index (χ1v) is 12.9. The molecule has 4 nitrogen and oxygen atoms in total. The first-order chi connectivity index (χ1) is 16.7. The van der Waals surface area contributed by atoms with Gasteiger partial charge in [0, 0.05) is 10.5 Å². The summed E-state index contributed by atoms with van der Waals surface area (Å²) in [6, 6.07) is 23.6. The second-order valence-corrected chi connectivity index (χ2v) is 11.1. The monoisotopic (exact) mass is 565 g/mol. The Kier molecular flexibility index (Phi) is 7.74. The standard InChI is InChI=1S/C26H19Cl4NO3S/c1-34-20-13-7-5-9-17(20)15-16-25(18-10-3-2-4-11-18)26(29,30)24(33)31(25)19-12-6-8-14-21(19)35-23(32)22(27)28/h2-16,22H,1H3/b16-15+. The highest BCUT2D eigenvalue weighted by Gasteiger charge is 2.71. The lowest BCUT2D eigenvalue weighted by Crippen LogP contribution is -2.75. The number of hydrogen-bond donors (Lipinski definition) is 0. The van der Waals surface area contributed by atoms with E-state index >= 15 is 0 Å². The molecule has 1 unspecified atom stereocenters. The molecule has 1 fully saturated rings. The molecule has 1 amide bonds. The van der Waals surface area contributed by atoms with Crippen LogP contribution < -0.4 is 9.64 Å². The van der Waals surface area contributed by atoms with Gasteiger partial charge in [-0.05, 0) is 41.6 Å². The van der Waals surface area contributed by atoms with Crippen LogP contribution in [0.25, 0.3) is 6.08 Å². The van der Waals surface area contributed by atoms with E-state index in [2.05, 4.69) is 0 Å². The van der Waals surface area contributed by atoms with Crippen LogP contribution in [0, 0.1) is 0 Å². The van der Waals surface area contributed by atoms with Crippen molar-refractivity contribution < 1.29 is 14.3 Å². The van der Waals surface area contributed by atoms with Crippen LogP contribution in [-0.4, -0.2) is 27.3 Å². The molecule has 4 rings (SSSR count). The van der Waals surface area contributed by atoms with E-state index in [1.807, 2.05) is 60.7 Å². The minimum atomic E-state index is -1.82. The molecular formula is C26H19Cl4NO3S. The molecule has 0 aliphatic carbocycles. The number of nitrogens with zero attached hydrogens (tertiary/aromatic N) is 1. The molecule has 180 valence electrons. The number of thioether (sulfide) groups is 1. The van der Waals surface area contributed by atoms with Crippen LogP contribution in [-0.2, 0) is 15.1 Å². The quantitative estimate of drug-likeness (QED) is 0.172. The molecule has 1 heterocycles. The maximum Gasteiger partial charge on any atom is 0.267 e. The lowest BCUT2D eigenvalue weighted by molar-refractivity contribution is -0.127. The van der Waals surface area contributed by atoms with Gasteiger partial charge in [0.2, 0.25) is 9.45 Å². The van der Waals surface area contributed by atoms with E-state index in [1.54, 1.807) is 37.5 Å². The van der Waals surface area contributed by atoms with E-state index in [0.29, 0.717) is 21.9 Å². The lowest BCUT2D eigenvalue weighted by atomic mass is 9.75. The number of hydrogen-bond acceptors (Lipinski definition) is 4. The van der Waals surface area contributed by atoms with Crippen LogP contribution >= 0.6 is 58.2 Å². The van der Waals surface area contributed by atoms with Gasteiger partial charge in [-0.1, -0.05) is 113 Å². The normalized spacial score (nSPS) is 19.1. The van der Waals surface area contributed by atoms with Crippen LogP contribution in [0.4, 0.5) is 5.69 Å². The summed E-state index contributed by atoms with van der Waals surface area (Å²) in [5.74, 6) is 0.124. The molecule has 3 aromatic rings. The minimum absolute atomic E-state index is 0.454. The maximum absolute atomic E-state index is 13.4. The number of ether oxygens (including phenoxy) is 1. The van der Waals surface area contributed by atoms with Gasteiger partial charge in [0.05, 0.1) is 12.8 Å². The maximum atomic E-state index is 13.4. The minimum Gasteiger partial charge on any atom is -0.496 e. The summed E-state index contributed by atoms with van der Waals surface area (Å²) in [5.41, 5.74) is 0.625. The van der Waals surface area contributed by atoms with Crippen LogP contribution in [0.5, 0.6) is 5.75 Å². The summed E-state index contributed by atoms with van der Waals surface area (Å²) >= 11 is 26.0. The summed E-state index contributed by atoms with van der Waals surface area (Å²) in [7, 11) is 1.58. The SMILES string of the molecule is COc1ccccc1/C=C/C1(c2ccccc2)N(c2ccccc2SC(=O)C(Cl)Cl)C(=O)C1(Cl)Cl. The molecule has 9 heteroatoms. The summed E-state index contributed by atoms with van der Waals surface area (Å²) in [4.78, 5) is 26.5. The fourth-order valence-electron chi connectivity index (χ4n) is 4.02. The first-order valence-electron chi connectivity index (χ1n) is 10.4. The van der Waals surface area contributed by atoms with E-state index in [9.17, 15) is 9.59 Å². The Morgan fingerprint density at radius 3 is 2.29 bits per heavy atom. The number of alkyl halides is 4. The van der Waals surface area contributed by atoms with Gasteiger partial charge in [-0.25, -0.2) is 0 Å². The third kappa shape index (κ3) is 4.56. The number of para-hydroxylation sites is 2. The van der Waals surface area contributed by atoms with E-state index in [4.69, 9.17) is 51.1 Å². The van der Waals surface area contributed by atoms with Crippen LogP contribution in [0.3, 0.4) is 0 Å². The Morgan fingerprint density at radius 1 is 0.971 bits per heavy atom. The summed E-state index contributed by atoms with van der Waals surface area (Å²) in [5, 5.41) is -0.466. The number of amides is 1. The van der Waals surface area contributed by atoms with E-state index in [-0.39, 0.29) is 0 Å². The van der Waals surface area contributed by atoms with E-state index in [0.717, 1.165) is 17.3 Å². The van der Waals surface area contributed by atoms with Crippen LogP contribution in [0.1, 0.15) is 11.1 Å². The molecule has 1 saturated heterocycles. The predicted octanol–water partition coefficient (Wildman–Crippen LogP) is 7.25. The first kappa shape index (κ1) is 25.9. The van der Waals surface area contributed by atoms with Gasteiger partial charge in [0.15, 0.2) is 4.84 Å². The van der Waals surface area contributed by atoms with Crippen molar-refractivity contribution in [3.05, 3.63) is 96.1 Å². The van der Waals surface area contributed by atoms with Crippen LogP contribution in [0.15, 0.2) is 89.8 Å². The van der Waals surface area contributed by atoms with Crippen molar-refractivity contribution >= 4 is 81.0 Å². The summed E-state index contributed by atoms with van der Waals surface area (Å²) in [6.07, 6.45) is 3.61. The molecule has 35 heavy (non-hydrogen) atoms. The highest BCUT2D eigenvalue weighted by atomic mass is 35.5. The van der Waals surface area contributed by atoms with Crippen molar-refractivity contribution in [2.24, 2.45) is 0 Å². The topological polar surface area (TPSA) is 46.6 Å². The van der Waals surface area contributed by atoms with Crippen LogP contribution in [0.2, 0.25) is 0 Å². The Morgan fingerprint density at radius 2 is 1.60 bits per heavy atom. The zero-order valence-electron chi connectivity index (χ0n) is 18.3. The molecule has 1 atom stereocenters. The largest absolute Gasteiger partial charge is 0.496 e. The van der Waals surface area contributed by atoms with Crippen molar-refractivity contribution in [2.45, 2.75) is 19.6 Å². The molecular weight excluding hydrogens is 548 g/mol. The van der Waals surface area contributed by atoms with Gasteiger partial charge in [0.1, 0.15) is 11.3 Å². The second kappa shape index (κ2) is 10.5. The number of anilines is 1. The molecule has 0 saturated carbocycles. The fourth-order valence-corrected chi connectivity index (χ4v) is 5.69. The molecule has 0 radical (unpaired) electrons. The Bertz CT molecular complexity index is 1280. The number of benzene rings is 3. The van der Waals surface area contributed by atoms with Crippen molar-refractivity contribution in [1.29, 1.82) is 0 Å². The molecule has 1 aliphatic heterocycles. The zero-order chi connectivity index (χ0) is 25.2. The number of carbonyl (C=O) groups is 2. The van der Waals surface area contributed by atoms with Gasteiger partial charge in [0.25, 0.3) is 5.91 Å². The zero-order valence-corrected chi connectivity index (χ0v) is 22.2. The number of carbonyl (C=O) groups excluding carboxylic acids is 2. The van der Waals surface area contributed by atoms with E-state index < -0.39 is 25.7 Å². The second-order valence-electron chi connectivity index (χ2n) is 7.61. The lowest BCUT2D eigenvalue weighted by Gasteiger charge is -2.58. The number of rotatable bonds is 7. The average molecular weight is 567 g/mol. The Balaban J connectivity index is 1.91. The molecule has 3 aromatic carbocycles. The van der Waals surface area contributed by atoms with E-state index in [1.165, 1.54) is 4.90 Å². The molecule has 1 aliphatic rings. The fraction of sp³-hybridized carbons (Fsp3) is 0.154. The highest BCUT2D eigenvalue weighted by Crippen LogP contribution is 2.59. The average Bonchev–Trinajstić information content (AvgIpc) is 2.87. The van der Waals surface area contributed by atoms with Gasteiger partial charge >= 0.3 is 0 Å². The number of halogens is 4. The third-order valence-corrected chi connectivity index (χ3v) is 8.21. The number of methoxy groups -OCH3 is 1.